The molecule has 0 spiro atoms. The fourth-order valence-corrected chi connectivity index (χ4v) is 3.17. The zero-order valence-electron chi connectivity index (χ0n) is 21.3. The van der Waals surface area contributed by atoms with Crippen molar-refractivity contribution < 1.29 is 33.3 Å². The molecule has 0 heterocycles. The van der Waals surface area contributed by atoms with Gasteiger partial charge in [-0.2, -0.15) is 5.26 Å². The largest absolute Gasteiger partial charge is 0.493 e. The molecule has 0 aliphatic heterocycles. The van der Waals surface area contributed by atoms with E-state index in [1.54, 1.807) is 12.1 Å². The summed E-state index contributed by atoms with van der Waals surface area (Å²) in [6, 6.07) is 9.69. The quantitative estimate of drug-likeness (QED) is 0.186. The lowest BCUT2D eigenvalue weighted by atomic mass is 10.1. The van der Waals surface area contributed by atoms with Gasteiger partial charge in [0, 0.05) is 6.54 Å². The van der Waals surface area contributed by atoms with Gasteiger partial charge in [0.2, 0.25) is 5.75 Å². The first-order valence-electron chi connectivity index (χ1n) is 11.8. The lowest BCUT2D eigenvalue weighted by molar-refractivity contribution is -0.117. The molecule has 2 aromatic carbocycles. The molecule has 0 radical (unpaired) electrons. The van der Waals surface area contributed by atoms with E-state index in [-0.39, 0.29) is 22.6 Å². The van der Waals surface area contributed by atoms with Gasteiger partial charge in [0.25, 0.3) is 5.91 Å². The van der Waals surface area contributed by atoms with E-state index in [1.807, 2.05) is 33.8 Å². The molecular formula is C27H32N2O7. The molecule has 0 aromatic heterocycles. The Kier molecular flexibility index (Phi) is 11.1. The fourth-order valence-electron chi connectivity index (χ4n) is 3.17. The molecule has 9 heteroatoms. The average molecular weight is 497 g/mol. The molecule has 2 aromatic rings. The summed E-state index contributed by atoms with van der Waals surface area (Å²) in [4.78, 5) is 25.2. The molecule has 1 N–H and O–H groups in total. The number of esters is 1. The number of hydrogen-bond donors (Lipinski definition) is 1. The van der Waals surface area contributed by atoms with Crippen molar-refractivity contribution in [2.45, 2.75) is 34.1 Å². The second-order valence-corrected chi connectivity index (χ2v) is 7.33. The average Bonchev–Trinajstić information content (AvgIpc) is 2.88. The number of methoxy groups -OCH3 is 1. The van der Waals surface area contributed by atoms with Crippen LogP contribution in [0.25, 0.3) is 6.08 Å². The van der Waals surface area contributed by atoms with E-state index >= 15 is 0 Å². The maximum Gasteiger partial charge on any atom is 0.343 e. The van der Waals surface area contributed by atoms with E-state index in [9.17, 15) is 14.9 Å². The molecule has 0 atom stereocenters. The van der Waals surface area contributed by atoms with Crippen LogP contribution >= 0.6 is 0 Å². The molecule has 0 fully saturated rings. The standard InChI is InChI=1S/C27H32N2O7/c1-6-12-29-26(30)20(17-28)13-18-10-11-21(22(14-18)32-5)36-27(31)19-15-23(33-7-2)25(35-9-4)24(16-19)34-8-3/h10-11,13-16H,6-9,12H2,1-5H3,(H,29,30)/b20-13+. The number of hydrogen-bond acceptors (Lipinski definition) is 8. The van der Waals surface area contributed by atoms with Crippen LogP contribution < -0.4 is 29.0 Å². The van der Waals surface area contributed by atoms with Crippen LogP contribution in [0.1, 0.15) is 50.0 Å². The van der Waals surface area contributed by atoms with Gasteiger partial charge < -0.3 is 29.0 Å². The van der Waals surface area contributed by atoms with Crippen LogP contribution in [0.5, 0.6) is 28.7 Å². The summed E-state index contributed by atoms with van der Waals surface area (Å²) in [5, 5.41) is 12.0. The molecule has 0 unspecified atom stereocenters. The highest BCUT2D eigenvalue weighted by Gasteiger charge is 2.21. The van der Waals surface area contributed by atoms with Crippen molar-refractivity contribution in [3.05, 3.63) is 47.0 Å². The highest BCUT2D eigenvalue weighted by Crippen LogP contribution is 2.39. The lowest BCUT2D eigenvalue weighted by Gasteiger charge is -2.17. The smallest absolute Gasteiger partial charge is 0.343 e. The second kappa shape index (κ2) is 14.3. The van der Waals surface area contributed by atoms with Crippen molar-refractivity contribution in [1.29, 1.82) is 5.26 Å². The highest BCUT2D eigenvalue weighted by molar-refractivity contribution is 6.01. The minimum atomic E-state index is -0.654. The summed E-state index contributed by atoms with van der Waals surface area (Å²) in [6.45, 7) is 9.02. The van der Waals surface area contributed by atoms with Crippen LogP contribution in [-0.2, 0) is 4.79 Å². The van der Waals surface area contributed by atoms with E-state index in [2.05, 4.69) is 5.32 Å². The maximum absolute atomic E-state index is 13.0. The Hall–Kier alpha value is -4.19. The molecule has 192 valence electrons. The third-order valence-electron chi connectivity index (χ3n) is 4.75. The Balaban J connectivity index is 2.36. The Morgan fingerprint density at radius 1 is 0.917 bits per heavy atom. The third kappa shape index (κ3) is 7.40. The summed E-state index contributed by atoms with van der Waals surface area (Å²) in [5.74, 6) is 0.466. The molecule has 0 saturated carbocycles. The van der Waals surface area contributed by atoms with Gasteiger partial charge in [-0.15, -0.1) is 0 Å². The minimum Gasteiger partial charge on any atom is -0.493 e. The van der Waals surface area contributed by atoms with Crippen LogP contribution in [0.2, 0.25) is 0 Å². The normalized spacial score (nSPS) is 10.7. The fraction of sp³-hybridized carbons (Fsp3) is 0.370. The predicted molar refractivity (Wildman–Crippen MR) is 135 cm³/mol. The lowest BCUT2D eigenvalue weighted by Crippen LogP contribution is -2.25. The Bertz CT molecular complexity index is 1110. The van der Waals surface area contributed by atoms with E-state index < -0.39 is 11.9 Å². The first kappa shape index (κ1) is 28.1. The van der Waals surface area contributed by atoms with Crippen LogP contribution in [0.3, 0.4) is 0 Å². The van der Waals surface area contributed by atoms with E-state index in [4.69, 9.17) is 23.7 Å². The van der Waals surface area contributed by atoms with Crippen molar-refractivity contribution in [2.75, 3.05) is 33.5 Å². The summed E-state index contributed by atoms with van der Waals surface area (Å²) < 4.78 is 28.0. The van der Waals surface area contributed by atoms with Crippen molar-refractivity contribution in [3.63, 3.8) is 0 Å². The minimum absolute atomic E-state index is 0.0449. The number of amides is 1. The zero-order valence-corrected chi connectivity index (χ0v) is 21.3. The van der Waals surface area contributed by atoms with Crippen molar-refractivity contribution in [1.82, 2.24) is 5.32 Å². The predicted octanol–water partition coefficient (Wildman–Crippen LogP) is 4.54. The Morgan fingerprint density at radius 2 is 1.56 bits per heavy atom. The molecular weight excluding hydrogens is 464 g/mol. The molecule has 9 nitrogen and oxygen atoms in total. The van der Waals surface area contributed by atoms with Gasteiger partial charge in [-0.25, -0.2) is 4.79 Å². The summed E-state index contributed by atoms with van der Waals surface area (Å²) in [7, 11) is 1.43. The Morgan fingerprint density at radius 3 is 2.08 bits per heavy atom. The van der Waals surface area contributed by atoms with E-state index in [0.717, 1.165) is 6.42 Å². The van der Waals surface area contributed by atoms with Crippen LogP contribution in [-0.4, -0.2) is 45.4 Å². The third-order valence-corrected chi connectivity index (χ3v) is 4.75. The molecule has 0 saturated heterocycles. The van der Waals surface area contributed by atoms with E-state index in [0.29, 0.717) is 49.2 Å². The van der Waals surface area contributed by atoms with Crippen LogP contribution in [0.15, 0.2) is 35.9 Å². The van der Waals surface area contributed by atoms with Gasteiger partial charge in [0.15, 0.2) is 23.0 Å². The number of nitrogens with one attached hydrogen (secondary N) is 1. The molecule has 1 amide bonds. The monoisotopic (exact) mass is 496 g/mol. The number of carbonyl (C=O) groups excluding carboxylic acids is 2. The number of ether oxygens (including phenoxy) is 5. The SMILES string of the molecule is CCCNC(=O)/C(C#N)=C/c1ccc(OC(=O)c2cc(OCC)c(OCC)c(OCC)c2)c(OC)c1. The van der Waals surface area contributed by atoms with E-state index in [1.165, 1.54) is 31.4 Å². The van der Waals surface area contributed by atoms with Gasteiger partial charge in [0.1, 0.15) is 11.6 Å². The topological polar surface area (TPSA) is 116 Å². The summed E-state index contributed by atoms with van der Waals surface area (Å²) in [6.07, 6.45) is 2.19. The van der Waals surface area contributed by atoms with Crippen LogP contribution in [0.4, 0.5) is 0 Å². The van der Waals surface area contributed by atoms with Gasteiger partial charge in [-0.3, -0.25) is 4.79 Å². The highest BCUT2D eigenvalue weighted by atomic mass is 16.6. The number of benzene rings is 2. The summed E-state index contributed by atoms with van der Waals surface area (Å²) >= 11 is 0. The number of carbonyl (C=O) groups is 2. The Labute approximate surface area is 211 Å². The maximum atomic E-state index is 13.0. The first-order chi connectivity index (χ1) is 17.4. The van der Waals surface area contributed by atoms with Crippen LogP contribution in [0, 0.1) is 11.3 Å². The molecule has 0 bridgehead atoms. The van der Waals surface area contributed by atoms with Gasteiger partial charge >= 0.3 is 5.97 Å². The van der Waals surface area contributed by atoms with Gasteiger partial charge in [-0.1, -0.05) is 13.0 Å². The number of nitrogens with zero attached hydrogens (tertiary/aromatic N) is 1. The molecule has 2 rings (SSSR count). The van der Waals surface area contributed by atoms with Crippen molar-refractivity contribution >= 4 is 18.0 Å². The first-order valence-corrected chi connectivity index (χ1v) is 11.8. The molecule has 0 aliphatic carbocycles. The number of rotatable bonds is 13. The summed E-state index contributed by atoms with van der Waals surface area (Å²) in [5.41, 5.74) is 0.695. The molecule has 36 heavy (non-hydrogen) atoms. The molecule has 0 aliphatic rings. The van der Waals surface area contributed by atoms with Crippen molar-refractivity contribution in [3.8, 4) is 34.8 Å². The number of nitriles is 1. The second-order valence-electron chi connectivity index (χ2n) is 7.33. The van der Waals surface area contributed by atoms with Gasteiger partial charge in [-0.05, 0) is 63.1 Å². The zero-order chi connectivity index (χ0) is 26.5. The van der Waals surface area contributed by atoms with Gasteiger partial charge in [0.05, 0.1) is 32.5 Å². The van der Waals surface area contributed by atoms with Crippen molar-refractivity contribution in [2.24, 2.45) is 0 Å².